The molecule has 2 fully saturated rings. The van der Waals surface area contributed by atoms with E-state index >= 15 is 0 Å². The quantitative estimate of drug-likeness (QED) is 0.786. The minimum atomic E-state index is 0.740. The molecule has 0 aliphatic carbocycles. The van der Waals surface area contributed by atoms with Crippen LogP contribution >= 0.6 is 0 Å². The van der Waals surface area contributed by atoms with Gasteiger partial charge in [-0.2, -0.15) is 0 Å². The highest BCUT2D eigenvalue weighted by atomic mass is 15.2. The fourth-order valence-electron chi connectivity index (χ4n) is 4.09. The van der Waals surface area contributed by atoms with Gasteiger partial charge in [0.25, 0.3) is 0 Å². The van der Waals surface area contributed by atoms with Crippen molar-refractivity contribution in [1.29, 1.82) is 0 Å². The van der Waals surface area contributed by atoms with E-state index in [-0.39, 0.29) is 0 Å². The van der Waals surface area contributed by atoms with Gasteiger partial charge in [-0.1, -0.05) is 33.6 Å². The Labute approximate surface area is 120 Å². The maximum Gasteiger partial charge on any atom is 0.0110 e. The molecule has 4 atom stereocenters. The Kier molecular flexibility index (Phi) is 5.70. The summed E-state index contributed by atoms with van der Waals surface area (Å²) in [7, 11) is 2.35. The van der Waals surface area contributed by atoms with Crippen molar-refractivity contribution in [3.63, 3.8) is 0 Å². The van der Waals surface area contributed by atoms with E-state index < -0.39 is 0 Å². The summed E-state index contributed by atoms with van der Waals surface area (Å²) < 4.78 is 0. The van der Waals surface area contributed by atoms with Gasteiger partial charge < -0.3 is 10.2 Å². The lowest BCUT2D eigenvalue weighted by Crippen LogP contribution is -2.55. The third kappa shape index (κ3) is 3.95. The fourth-order valence-corrected chi connectivity index (χ4v) is 4.09. The Morgan fingerprint density at radius 1 is 1.11 bits per heavy atom. The molecule has 0 aromatic carbocycles. The maximum absolute atomic E-state index is 3.99. The van der Waals surface area contributed by atoms with Crippen molar-refractivity contribution < 1.29 is 0 Å². The molecule has 0 saturated carbocycles. The van der Waals surface area contributed by atoms with Gasteiger partial charge in [0.05, 0.1) is 0 Å². The first kappa shape index (κ1) is 15.3. The van der Waals surface area contributed by atoms with E-state index in [9.17, 15) is 0 Å². The predicted molar refractivity (Wildman–Crippen MR) is 83.5 cm³/mol. The van der Waals surface area contributed by atoms with Crippen molar-refractivity contribution in [1.82, 2.24) is 10.2 Å². The average molecular weight is 266 g/mol. The Hall–Kier alpha value is -0.0800. The number of nitrogens with zero attached hydrogens (tertiary/aromatic N) is 1. The standard InChI is InChI=1S/C17H34N2/c1-5-13(3)10-14(6-2)18-15-11-16-8-7-9-17(12-15)19(16)4/h13-18H,5-12H2,1-4H3. The normalized spacial score (nSPS) is 35.1. The molecule has 1 N–H and O–H groups in total. The van der Waals surface area contributed by atoms with Crippen LogP contribution in [0.25, 0.3) is 0 Å². The number of fused-ring (bicyclic) bond motifs is 2. The number of rotatable bonds is 6. The van der Waals surface area contributed by atoms with E-state index in [4.69, 9.17) is 0 Å². The lowest BCUT2D eigenvalue weighted by molar-refractivity contribution is 0.0448. The van der Waals surface area contributed by atoms with Crippen molar-refractivity contribution in [2.75, 3.05) is 7.05 Å². The summed E-state index contributed by atoms with van der Waals surface area (Å²) in [5.74, 6) is 0.864. The van der Waals surface area contributed by atoms with Crippen molar-refractivity contribution in [2.45, 2.75) is 96.3 Å². The van der Waals surface area contributed by atoms with Crippen molar-refractivity contribution in [3.8, 4) is 0 Å². The SMILES string of the molecule is CCC(C)CC(CC)NC1CC2CCCC(C1)N2C. The molecule has 2 bridgehead atoms. The van der Waals surface area contributed by atoms with Gasteiger partial charge in [-0.25, -0.2) is 0 Å². The average Bonchev–Trinajstić information content (AvgIpc) is 2.38. The van der Waals surface area contributed by atoms with E-state index in [1.54, 1.807) is 0 Å². The molecule has 0 amide bonds. The van der Waals surface area contributed by atoms with Gasteiger partial charge in [-0.15, -0.1) is 0 Å². The summed E-state index contributed by atoms with van der Waals surface area (Å²) in [6.07, 6.45) is 11.0. The molecule has 4 unspecified atom stereocenters. The molecule has 0 aromatic heterocycles. The van der Waals surface area contributed by atoms with Crippen LogP contribution in [-0.4, -0.2) is 36.1 Å². The third-order valence-corrected chi connectivity index (χ3v) is 5.69. The van der Waals surface area contributed by atoms with Crippen LogP contribution in [0.3, 0.4) is 0 Å². The highest BCUT2D eigenvalue weighted by Gasteiger charge is 2.36. The summed E-state index contributed by atoms with van der Waals surface area (Å²) >= 11 is 0. The van der Waals surface area contributed by atoms with Crippen LogP contribution in [-0.2, 0) is 0 Å². The zero-order valence-corrected chi connectivity index (χ0v) is 13.5. The Morgan fingerprint density at radius 2 is 1.74 bits per heavy atom. The smallest absolute Gasteiger partial charge is 0.0110 e. The summed E-state index contributed by atoms with van der Waals surface area (Å²) in [6, 6.07) is 3.22. The molecular weight excluding hydrogens is 232 g/mol. The van der Waals surface area contributed by atoms with E-state index in [0.717, 1.165) is 30.1 Å². The molecule has 2 rings (SSSR count). The Bertz CT molecular complexity index is 252. The molecule has 2 heterocycles. The Morgan fingerprint density at radius 3 is 2.26 bits per heavy atom. The van der Waals surface area contributed by atoms with Gasteiger partial charge in [0.15, 0.2) is 0 Å². The zero-order valence-electron chi connectivity index (χ0n) is 13.5. The first-order valence-corrected chi connectivity index (χ1v) is 8.62. The van der Waals surface area contributed by atoms with Crippen molar-refractivity contribution in [3.05, 3.63) is 0 Å². The number of hydrogen-bond donors (Lipinski definition) is 1. The molecule has 0 spiro atoms. The molecule has 2 aliphatic rings. The molecule has 2 aliphatic heterocycles. The molecular formula is C17H34N2. The second-order valence-corrected chi connectivity index (χ2v) is 7.09. The van der Waals surface area contributed by atoms with Gasteiger partial charge in [0.1, 0.15) is 0 Å². The van der Waals surface area contributed by atoms with Gasteiger partial charge in [-0.05, 0) is 51.5 Å². The summed E-state index contributed by atoms with van der Waals surface area (Å²) in [5, 5.41) is 3.99. The van der Waals surface area contributed by atoms with E-state index in [2.05, 4.69) is 38.0 Å². The predicted octanol–water partition coefficient (Wildman–Crippen LogP) is 3.81. The molecule has 19 heavy (non-hydrogen) atoms. The summed E-state index contributed by atoms with van der Waals surface area (Å²) in [5.41, 5.74) is 0. The van der Waals surface area contributed by atoms with Crippen LogP contribution in [0.15, 0.2) is 0 Å². The minimum absolute atomic E-state index is 0.740. The maximum atomic E-state index is 3.99. The highest BCUT2D eigenvalue weighted by molar-refractivity contribution is 4.94. The summed E-state index contributed by atoms with van der Waals surface area (Å²) in [6.45, 7) is 7.06. The van der Waals surface area contributed by atoms with E-state index in [1.165, 1.54) is 51.4 Å². The molecule has 112 valence electrons. The van der Waals surface area contributed by atoms with Crippen LogP contribution in [0.1, 0.15) is 72.1 Å². The minimum Gasteiger partial charge on any atom is -0.311 e. The van der Waals surface area contributed by atoms with E-state index in [1.807, 2.05) is 0 Å². The van der Waals surface area contributed by atoms with Gasteiger partial charge in [0, 0.05) is 24.2 Å². The fraction of sp³-hybridized carbons (Fsp3) is 1.00. The number of piperidine rings is 2. The zero-order chi connectivity index (χ0) is 13.8. The second kappa shape index (κ2) is 7.08. The first-order chi connectivity index (χ1) is 9.13. The third-order valence-electron chi connectivity index (χ3n) is 5.69. The molecule has 0 aromatic rings. The largest absolute Gasteiger partial charge is 0.311 e. The van der Waals surface area contributed by atoms with Crippen LogP contribution in [0.2, 0.25) is 0 Å². The highest BCUT2D eigenvalue weighted by Crippen LogP contribution is 2.33. The molecule has 2 saturated heterocycles. The Balaban J connectivity index is 1.85. The van der Waals surface area contributed by atoms with Crippen LogP contribution in [0.4, 0.5) is 0 Å². The lowest BCUT2D eigenvalue weighted by atomic mass is 9.81. The lowest BCUT2D eigenvalue weighted by Gasteiger charge is -2.48. The van der Waals surface area contributed by atoms with Crippen LogP contribution < -0.4 is 5.32 Å². The topological polar surface area (TPSA) is 15.3 Å². The van der Waals surface area contributed by atoms with E-state index in [0.29, 0.717) is 0 Å². The molecule has 0 radical (unpaired) electrons. The first-order valence-electron chi connectivity index (χ1n) is 8.62. The molecule has 2 heteroatoms. The molecule has 2 nitrogen and oxygen atoms in total. The van der Waals surface area contributed by atoms with Crippen LogP contribution in [0.5, 0.6) is 0 Å². The monoisotopic (exact) mass is 266 g/mol. The second-order valence-electron chi connectivity index (χ2n) is 7.09. The number of hydrogen-bond acceptors (Lipinski definition) is 2. The van der Waals surface area contributed by atoms with Gasteiger partial charge >= 0.3 is 0 Å². The van der Waals surface area contributed by atoms with Crippen molar-refractivity contribution in [2.24, 2.45) is 5.92 Å². The summed E-state index contributed by atoms with van der Waals surface area (Å²) in [4.78, 5) is 2.66. The number of nitrogens with one attached hydrogen (secondary N) is 1. The van der Waals surface area contributed by atoms with Crippen molar-refractivity contribution >= 4 is 0 Å². The van der Waals surface area contributed by atoms with Crippen LogP contribution in [0, 0.1) is 5.92 Å². The van der Waals surface area contributed by atoms with Gasteiger partial charge in [0.2, 0.25) is 0 Å². The van der Waals surface area contributed by atoms with Gasteiger partial charge in [-0.3, -0.25) is 0 Å².